The van der Waals surface area contributed by atoms with Gasteiger partial charge in [0.1, 0.15) is 0 Å². The molecule has 1 nitrogen and oxygen atoms in total. The SMILES string of the molecule is Cc1ccc(CNCC2CCCC(C)C2)cc1Br. The molecule has 18 heavy (non-hydrogen) atoms. The highest BCUT2D eigenvalue weighted by atomic mass is 79.9. The van der Waals surface area contributed by atoms with Gasteiger partial charge in [-0.2, -0.15) is 0 Å². The molecule has 2 heteroatoms. The van der Waals surface area contributed by atoms with Gasteiger partial charge in [-0.15, -0.1) is 0 Å². The number of halogens is 1. The molecule has 2 unspecified atom stereocenters. The molecule has 1 aromatic carbocycles. The van der Waals surface area contributed by atoms with Crippen LogP contribution in [0.5, 0.6) is 0 Å². The van der Waals surface area contributed by atoms with Crippen molar-refractivity contribution >= 4 is 15.9 Å². The molecular weight excluding hydrogens is 286 g/mol. The molecule has 0 radical (unpaired) electrons. The molecule has 100 valence electrons. The number of aryl methyl sites for hydroxylation is 1. The fourth-order valence-corrected chi connectivity index (χ4v) is 3.34. The van der Waals surface area contributed by atoms with E-state index >= 15 is 0 Å². The summed E-state index contributed by atoms with van der Waals surface area (Å²) < 4.78 is 1.22. The van der Waals surface area contributed by atoms with E-state index in [1.54, 1.807) is 0 Å². The van der Waals surface area contributed by atoms with Gasteiger partial charge in [0.05, 0.1) is 0 Å². The van der Waals surface area contributed by atoms with Crippen molar-refractivity contribution in [2.24, 2.45) is 11.8 Å². The second-order valence-corrected chi connectivity index (χ2v) is 6.71. The summed E-state index contributed by atoms with van der Waals surface area (Å²) in [7, 11) is 0. The molecule has 0 aliphatic heterocycles. The van der Waals surface area contributed by atoms with Crippen molar-refractivity contribution in [3.8, 4) is 0 Å². The normalized spacial score (nSPS) is 24.2. The number of benzene rings is 1. The maximum absolute atomic E-state index is 3.62. The number of hydrogen-bond acceptors (Lipinski definition) is 1. The van der Waals surface area contributed by atoms with Crippen LogP contribution in [-0.2, 0) is 6.54 Å². The van der Waals surface area contributed by atoms with E-state index in [1.165, 1.54) is 47.8 Å². The van der Waals surface area contributed by atoms with Crippen LogP contribution in [0, 0.1) is 18.8 Å². The molecule has 0 saturated heterocycles. The Balaban J connectivity index is 1.76. The number of nitrogens with one attached hydrogen (secondary N) is 1. The first kappa shape index (κ1) is 14.1. The van der Waals surface area contributed by atoms with Crippen molar-refractivity contribution in [2.75, 3.05) is 6.54 Å². The smallest absolute Gasteiger partial charge is 0.0207 e. The van der Waals surface area contributed by atoms with Gasteiger partial charge in [-0.25, -0.2) is 0 Å². The summed E-state index contributed by atoms with van der Waals surface area (Å²) in [6.07, 6.45) is 5.67. The topological polar surface area (TPSA) is 12.0 Å². The van der Waals surface area contributed by atoms with Crippen LogP contribution >= 0.6 is 15.9 Å². The molecule has 0 amide bonds. The maximum Gasteiger partial charge on any atom is 0.0207 e. The molecule has 0 heterocycles. The van der Waals surface area contributed by atoms with Crippen molar-refractivity contribution < 1.29 is 0 Å². The van der Waals surface area contributed by atoms with Gasteiger partial charge in [0.2, 0.25) is 0 Å². The lowest BCUT2D eigenvalue weighted by molar-refractivity contribution is 0.274. The Kier molecular flexibility index (Phi) is 5.25. The average Bonchev–Trinajstić information content (AvgIpc) is 2.34. The molecule has 0 spiro atoms. The molecule has 0 bridgehead atoms. The predicted octanol–water partition coefficient (Wildman–Crippen LogP) is 4.67. The Bertz CT molecular complexity index is 389. The molecular formula is C16H24BrN. The Hall–Kier alpha value is -0.340. The zero-order chi connectivity index (χ0) is 13.0. The first-order chi connectivity index (χ1) is 8.65. The van der Waals surface area contributed by atoms with Crippen LogP contribution in [0.1, 0.15) is 43.7 Å². The lowest BCUT2D eigenvalue weighted by atomic mass is 9.82. The highest BCUT2D eigenvalue weighted by Crippen LogP contribution is 2.28. The first-order valence-electron chi connectivity index (χ1n) is 7.11. The third-order valence-corrected chi connectivity index (χ3v) is 4.90. The lowest BCUT2D eigenvalue weighted by Crippen LogP contribution is -2.26. The molecule has 1 aliphatic rings. The Morgan fingerprint density at radius 2 is 2.17 bits per heavy atom. The molecule has 1 aromatic rings. The average molecular weight is 310 g/mol. The predicted molar refractivity (Wildman–Crippen MR) is 81.7 cm³/mol. The minimum absolute atomic E-state index is 0.891. The monoisotopic (exact) mass is 309 g/mol. The molecule has 2 rings (SSSR count). The van der Waals surface area contributed by atoms with E-state index in [4.69, 9.17) is 0 Å². The number of rotatable bonds is 4. The largest absolute Gasteiger partial charge is 0.312 e. The van der Waals surface area contributed by atoms with Crippen molar-refractivity contribution in [2.45, 2.75) is 46.1 Å². The minimum atomic E-state index is 0.891. The summed E-state index contributed by atoms with van der Waals surface area (Å²) in [6.45, 7) is 6.69. The summed E-state index contributed by atoms with van der Waals surface area (Å²) in [6, 6.07) is 6.63. The van der Waals surface area contributed by atoms with Crippen molar-refractivity contribution in [1.29, 1.82) is 0 Å². The fraction of sp³-hybridized carbons (Fsp3) is 0.625. The van der Waals surface area contributed by atoms with Gasteiger partial charge in [0.25, 0.3) is 0 Å². The van der Waals surface area contributed by atoms with Gasteiger partial charge >= 0.3 is 0 Å². The summed E-state index contributed by atoms with van der Waals surface area (Å²) in [5, 5.41) is 3.62. The van der Waals surface area contributed by atoms with Gasteiger partial charge in [-0.1, -0.05) is 47.8 Å². The van der Waals surface area contributed by atoms with Crippen molar-refractivity contribution in [3.05, 3.63) is 33.8 Å². The van der Waals surface area contributed by atoms with Gasteiger partial charge in [0, 0.05) is 11.0 Å². The highest BCUT2D eigenvalue weighted by Gasteiger charge is 2.18. The molecule has 1 fully saturated rings. The van der Waals surface area contributed by atoms with Gasteiger partial charge in [0.15, 0.2) is 0 Å². The van der Waals surface area contributed by atoms with E-state index < -0.39 is 0 Å². The van der Waals surface area contributed by atoms with E-state index in [-0.39, 0.29) is 0 Å². The summed E-state index contributed by atoms with van der Waals surface area (Å²) in [5.41, 5.74) is 2.68. The van der Waals surface area contributed by atoms with Crippen LogP contribution in [-0.4, -0.2) is 6.54 Å². The zero-order valence-corrected chi connectivity index (χ0v) is 13.1. The van der Waals surface area contributed by atoms with Crippen LogP contribution in [0.15, 0.2) is 22.7 Å². The van der Waals surface area contributed by atoms with Gasteiger partial charge < -0.3 is 5.32 Å². The van der Waals surface area contributed by atoms with Crippen LogP contribution in [0.3, 0.4) is 0 Å². The van der Waals surface area contributed by atoms with Crippen molar-refractivity contribution in [3.63, 3.8) is 0 Å². The highest BCUT2D eigenvalue weighted by molar-refractivity contribution is 9.10. The zero-order valence-electron chi connectivity index (χ0n) is 11.5. The third-order valence-electron chi connectivity index (χ3n) is 4.04. The van der Waals surface area contributed by atoms with E-state index in [0.717, 1.165) is 18.4 Å². The second-order valence-electron chi connectivity index (χ2n) is 5.85. The Labute approximate surface area is 119 Å². The van der Waals surface area contributed by atoms with Crippen LogP contribution in [0.25, 0.3) is 0 Å². The Morgan fingerprint density at radius 1 is 1.33 bits per heavy atom. The first-order valence-corrected chi connectivity index (χ1v) is 7.90. The van der Waals surface area contributed by atoms with E-state index in [2.05, 4.69) is 53.3 Å². The quantitative estimate of drug-likeness (QED) is 0.852. The van der Waals surface area contributed by atoms with Gasteiger partial charge in [-0.3, -0.25) is 0 Å². The molecule has 2 atom stereocenters. The second kappa shape index (κ2) is 6.72. The molecule has 0 aromatic heterocycles. The Morgan fingerprint density at radius 3 is 2.89 bits per heavy atom. The molecule has 1 N–H and O–H groups in total. The van der Waals surface area contributed by atoms with Crippen molar-refractivity contribution in [1.82, 2.24) is 5.32 Å². The molecule has 1 aliphatic carbocycles. The van der Waals surface area contributed by atoms with E-state index in [0.29, 0.717) is 0 Å². The molecule has 1 saturated carbocycles. The summed E-state index contributed by atoms with van der Waals surface area (Å²) >= 11 is 3.59. The summed E-state index contributed by atoms with van der Waals surface area (Å²) in [4.78, 5) is 0. The fourth-order valence-electron chi connectivity index (χ4n) is 2.91. The van der Waals surface area contributed by atoms with E-state index in [9.17, 15) is 0 Å². The van der Waals surface area contributed by atoms with Crippen LogP contribution < -0.4 is 5.32 Å². The maximum atomic E-state index is 3.62. The van der Waals surface area contributed by atoms with E-state index in [1.807, 2.05) is 0 Å². The minimum Gasteiger partial charge on any atom is -0.312 e. The standard InChI is InChI=1S/C16H24BrN/c1-12-4-3-5-14(8-12)10-18-11-15-7-6-13(2)16(17)9-15/h6-7,9,12,14,18H,3-5,8,10-11H2,1-2H3. The summed E-state index contributed by atoms with van der Waals surface area (Å²) in [5.74, 6) is 1.82. The van der Waals surface area contributed by atoms with Crippen LogP contribution in [0.4, 0.5) is 0 Å². The van der Waals surface area contributed by atoms with Gasteiger partial charge in [-0.05, 0) is 55.3 Å². The van der Waals surface area contributed by atoms with Crippen LogP contribution in [0.2, 0.25) is 0 Å². The third kappa shape index (κ3) is 4.10. The number of hydrogen-bond donors (Lipinski definition) is 1. The lowest BCUT2D eigenvalue weighted by Gasteiger charge is -2.26.